The van der Waals surface area contributed by atoms with Gasteiger partial charge in [0.05, 0.1) is 0 Å². The van der Waals surface area contributed by atoms with E-state index in [2.05, 4.69) is 66.7 Å². The quantitative estimate of drug-likeness (QED) is 0.379. The van der Waals surface area contributed by atoms with Crippen LogP contribution < -0.4 is 0 Å². The largest absolute Gasteiger partial charge is 0.0616 e. The molecule has 0 N–H and O–H groups in total. The van der Waals surface area contributed by atoms with Crippen LogP contribution in [0.15, 0.2) is 66.7 Å². The second-order valence-corrected chi connectivity index (χ2v) is 6.03. The van der Waals surface area contributed by atoms with Crippen molar-refractivity contribution in [1.29, 1.82) is 0 Å². The molecule has 0 nitrogen and oxygen atoms in total. The third-order valence-corrected chi connectivity index (χ3v) is 4.58. The summed E-state index contributed by atoms with van der Waals surface area (Å²) in [6, 6.07) is 24.6. The molecular weight excluding hydrogens is 252 g/mol. The second-order valence-electron chi connectivity index (χ2n) is 6.03. The van der Waals surface area contributed by atoms with Crippen LogP contribution in [-0.2, 0) is 0 Å². The summed E-state index contributed by atoms with van der Waals surface area (Å²) in [7, 11) is 0. The zero-order valence-electron chi connectivity index (χ0n) is 11.8. The Balaban J connectivity index is 1.90. The maximum absolute atomic E-state index is 2.37. The van der Waals surface area contributed by atoms with Crippen molar-refractivity contribution in [3.8, 4) is 0 Å². The molecule has 0 bridgehead atoms. The number of rotatable bonds is 1. The predicted molar refractivity (Wildman–Crippen MR) is 90.5 cm³/mol. The van der Waals surface area contributed by atoms with Gasteiger partial charge in [-0.25, -0.2) is 0 Å². The molecule has 0 amide bonds. The van der Waals surface area contributed by atoms with Crippen LogP contribution in [0.4, 0.5) is 0 Å². The molecule has 0 unspecified atom stereocenters. The first kappa shape index (κ1) is 11.3. The van der Waals surface area contributed by atoms with Gasteiger partial charge in [0.2, 0.25) is 0 Å². The van der Waals surface area contributed by atoms with Crippen molar-refractivity contribution in [3.05, 3.63) is 78.2 Å². The molecule has 1 aliphatic rings. The van der Waals surface area contributed by atoms with Gasteiger partial charge in [-0.05, 0) is 75.0 Å². The second kappa shape index (κ2) is 4.08. The predicted octanol–water partition coefficient (Wildman–Crippen LogP) is 5.86. The summed E-state index contributed by atoms with van der Waals surface area (Å²) in [6.45, 7) is 0. The Bertz CT molecular complexity index is 991. The zero-order chi connectivity index (χ0) is 13.8. The van der Waals surface area contributed by atoms with Crippen molar-refractivity contribution in [3.63, 3.8) is 0 Å². The van der Waals surface area contributed by atoms with Crippen molar-refractivity contribution < 1.29 is 0 Å². The first-order valence-electron chi connectivity index (χ1n) is 7.59. The Morgan fingerprint density at radius 2 is 1.14 bits per heavy atom. The van der Waals surface area contributed by atoms with E-state index in [0.717, 1.165) is 0 Å². The van der Waals surface area contributed by atoms with E-state index < -0.39 is 0 Å². The number of benzene rings is 4. The number of hydrogen-bond donors (Lipinski definition) is 0. The number of fused-ring (bicyclic) bond motifs is 3. The Kier molecular flexibility index (Phi) is 2.20. The molecule has 99 valence electrons. The molecule has 0 heterocycles. The van der Waals surface area contributed by atoms with Crippen molar-refractivity contribution >= 4 is 32.3 Å². The molecule has 0 atom stereocenters. The molecule has 1 fully saturated rings. The number of hydrogen-bond acceptors (Lipinski definition) is 0. The van der Waals surface area contributed by atoms with Crippen LogP contribution in [0.5, 0.6) is 0 Å². The summed E-state index contributed by atoms with van der Waals surface area (Å²) in [5.41, 5.74) is 1.46. The summed E-state index contributed by atoms with van der Waals surface area (Å²) < 4.78 is 0. The maximum Gasteiger partial charge on any atom is 0.00568 e. The molecule has 1 saturated carbocycles. The van der Waals surface area contributed by atoms with Crippen LogP contribution in [0.25, 0.3) is 32.3 Å². The first-order chi connectivity index (χ1) is 10.4. The van der Waals surface area contributed by atoms with Gasteiger partial charge in [0.1, 0.15) is 0 Å². The lowest BCUT2D eigenvalue weighted by Gasteiger charge is -2.08. The molecule has 0 heteroatoms. The molecule has 1 aliphatic carbocycles. The molecule has 21 heavy (non-hydrogen) atoms. The molecule has 0 aliphatic heterocycles. The minimum absolute atomic E-state index is 1.27. The smallest absolute Gasteiger partial charge is 0.00568 e. The Hall–Kier alpha value is -2.34. The minimum atomic E-state index is 1.27. The standard InChI is InChI=1S/C21H15/c1-2-5-16-11-19-13-21-17(12-18(19)10-15(16)4-1)6-3-7-20(21)14-8-9-14/h1-7,10-13H,8-9H2. The highest BCUT2D eigenvalue weighted by molar-refractivity contribution is 6.05. The third-order valence-electron chi connectivity index (χ3n) is 4.58. The van der Waals surface area contributed by atoms with Gasteiger partial charge < -0.3 is 0 Å². The van der Waals surface area contributed by atoms with Gasteiger partial charge in [-0.15, -0.1) is 0 Å². The van der Waals surface area contributed by atoms with Crippen molar-refractivity contribution in [1.82, 2.24) is 0 Å². The van der Waals surface area contributed by atoms with Gasteiger partial charge in [-0.2, -0.15) is 0 Å². The van der Waals surface area contributed by atoms with Crippen LogP contribution in [0.3, 0.4) is 0 Å². The molecule has 0 saturated heterocycles. The highest BCUT2D eigenvalue weighted by atomic mass is 14.3. The van der Waals surface area contributed by atoms with Crippen LogP contribution in [0.1, 0.15) is 18.4 Å². The topological polar surface area (TPSA) is 0 Å². The SMILES string of the molecule is c1ccc2cc3cc4c([C]5CC5)cccc4cc3cc2c1. The molecule has 0 spiro atoms. The van der Waals surface area contributed by atoms with E-state index in [1.165, 1.54) is 50.7 Å². The fraction of sp³-hybridized carbons (Fsp3) is 0.0952. The average Bonchev–Trinajstić information content (AvgIpc) is 3.35. The van der Waals surface area contributed by atoms with Gasteiger partial charge in [-0.1, -0.05) is 42.5 Å². The molecule has 1 radical (unpaired) electrons. The monoisotopic (exact) mass is 267 g/mol. The lowest BCUT2D eigenvalue weighted by molar-refractivity contribution is 1.46. The Morgan fingerprint density at radius 3 is 1.86 bits per heavy atom. The van der Waals surface area contributed by atoms with E-state index in [1.54, 1.807) is 5.92 Å². The fourth-order valence-electron chi connectivity index (χ4n) is 3.36. The van der Waals surface area contributed by atoms with Crippen LogP contribution in [0, 0.1) is 5.92 Å². The summed E-state index contributed by atoms with van der Waals surface area (Å²) in [4.78, 5) is 0. The summed E-state index contributed by atoms with van der Waals surface area (Å²) in [6.07, 6.45) is 2.55. The van der Waals surface area contributed by atoms with Crippen LogP contribution in [-0.4, -0.2) is 0 Å². The highest BCUT2D eigenvalue weighted by Gasteiger charge is 2.25. The maximum atomic E-state index is 2.37. The van der Waals surface area contributed by atoms with Crippen LogP contribution >= 0.6 is 0 Å². The van der Waals surface area contributed by atoms with Gasteiger partial charge in [0.15, 0.2) is 0 Å². The Morgan fingerprint density at radius 1 is 0.524 bits per heavy atom. The van der Waals surface area contributed by atoms with Gasteiger partial charge >= 0.3 is 0 Å². The van der Waals surface area contributed by atoms with E-state index >= 15 is 0 Å². The molecular formula is C21H15. The summed E-state index contributed by atoms with van der Waals surface area (Å²) >= 11 is 0. The molecule has 0 aromatic heterocycles. The summed E-state index contributed by atoms with van der Waals surface area (Å²) in [5, 5.41) is 8.08. The zero-order valence-corrected chi connectivity index (χ0v) is 11.8. The fourth-order valence-corrected chi connectivity index (χ4v) is 3.36. The Labute approximate surface area is 124 Å². The van der Waals surface area contributed by atoms with E-state index in [-0.39, 0.29) is 0 Å². The van der Waals surface area contributed by atoms with Crippen LogP contribution in [0.2, 0.25) is 0 Å². The van der Waals surface area contributed by atoms with Crippen molar-refractivity contribution in [2.24, 2.45) is 0 Å². The van der Waals surface area contributed by atoms with Crippen molar-refractivity contribution in [2.75, 3.05) is 0 Å². The third kappa shape index (κ3) is 1.76. The molecule has 4 aromatic rings. The molecule has 4 aromatic carbocycles. The average molecular weight is 267 g/mol. The van der Waals surface area contributed by atoms with E-state index in [9.17, 15) is 0 Å². The lowest BCUT2D eigenvalue weighted by atomic mass is 9.96. The molecule has 5 rings (SSSR count). The van der Waals surface area contributed by atoms with E-state index in [1.807, 2.05) is 0 Å². The van der Waals surface area contributed by atoms with Gasteiger partial charge in [-0.3, -0.25) is 0 Å². The highest BCUT2D eigenvalue weighted by Crippen LogP contribution is 2.42. The lowest BCUT2D eigenvalue weighted by Crippen LogP contribution is -1.85. The first-order valence-corrected chi connectivity index (χ1v) is 7.59. The van der Waals surface area contributed by atoms with Gasteiger partial charge in [0, 0.05) is 5.92 Å². The van der Waals surface area contributed by atoms with Crippen molar-refractivity contribution in [2.45, 2.75) is 12.8 Å². The van der Waals surface area contributed by atoms with E-state index in [4.69, 9.17) is 0 Å². The normalized spacial score (nSPS) is 15.0. The van der Waals surface area contributed by atoms with Gasteiger partial charge in [0.25, 0.3) is 0 Å². The summed E-state index contributed by atoms with van der Waals surface area (Å²) in [5.74, 6) is 1.61. The van der Waals surface area contributed by atoms with E-state index in [0.29, 0.717) is 0 Å². The minimum Gasteiger partial charge on any atom is -0.0616 e.